The second-order valence-corrected chi connectivity index (χ2v) is 11.0. The molecule has 0 bridgehead atoms. The number of benzene rings is 2. The van der Waals surface area contributed by atoms with Crippen molar-refractivity contribution < 1.29 is 32.0 Å². The molecule has 1 saturated heterocycles. The van der Waals surface area contributed by atoms with E-state index in [4.69, 9.17) is 16.4 Å². The van der Waals surface area contributed by atoms with Crippen LogP contribution in [0.5, 0.6) is 0 Å². The van der Waals surface area contributed by atoms with Crippen molar-refractivity contribution in [1.29, 1.82) is 0 Å². The fraction of sp³-hybridized carbons (Fsp3) is 0.517. The number of nitrogens with one attached hydrogen (secondary N) is 2. The van der Waals surface area contributed by atoms with Crippen molar-refractivity contribution in [3.05, 3.63) is 64.7 Å². The summed E-state index contributed by atoms with van der Waals surface area (Å²) in [4.78, 5) is 34.3. The van der Waals surface area contributed by atoms with Crippen LogP contribution in [-0.2, 0) is 15.2 Å². The van der Waals surface area contributed by atoms with Crippen molar-refractivity contribution in [2.24, 2.45) is 5.92 Å². The number of anilines is 1. The number of carbonyl (C=O) groups is 2. The predicted molar refractivity (Wildman–Crippen MR) is 150 cm³/mol. The lowest BCUT2D eigenvalue weighted by atomic mass is 9.78. The number of rotatable bonds is 11. The standard InChI is InChI=1S/C29H37ClF4N4O3/c1-27(31,29(32,33)34)28(41-35-2,21-10-6-5-7-11-21)26(40)36-16-8-9-20-14-17-38(18-15-20)22-12-13-23(24(30)19-22)25(39)37(3)4/h5-7,10-13,19-20,35H,8-9,14-18H2,1-4H3,(H,36,40). The highest BCUT2D eigenvalue weighted by Gasteiger charge is 2.71. The molecule has 0 aromatic heterocycles. The van der Waals surface area contributed by atoms with E-state index in [0.717, 1.165) is 38.0 Å². The van der Waals surface area contributed by atoms with Crippen LogP contribution >= 0.6 is 11.6 Å². The molecule has 1 aliphatic rings. The molecule has 12 heteroatoms. The van der Waals surface area contributed by atoms with Gasteiger partial charge in [0, 0.05) is 46.5 Å². The first-order valence-electron chi connectivity index (χ1n) is 13.5. The van der Waals surface area contributed by atoms with Gasteiger partial charge in [0.2, 0.25) is 11.3 Å². The van der Waals surface area contributed by atoms with Crippen molar-refractivity contribution in [2.75, 3.05) is 45.7 Å². The molecule has 1 fully saturated rings. The zero-order valence-electron chi connectivity index (χ0n) is 23.7. The molecule has 41 heavy (non-hydrogen) atoms. The number of nitrogens with zero attached hydrogens (tertiary/aromatic N) is 2. The third-order valence-electron chi connectivity index (χ3n) is 7.59. The molecule has 2 atom stereocenters. The Bertz CT molecular complexity index is 1190. The summed E-state index contributed by atoms with van der Waals surface area (Å²) in [6.07, 6.45) is -2.40. The van der Waals surface area contributed by atoms with Crippen molar-refractivity contribution >= 4 is 29.1 Å². The average molecular weight is 601 g/mol. The molecule has 7 nitrogen and oxygen atoms in total. The third kappa shape index (κ3) is 6.95. The van der Waals surface area contributed by atoms with Crippen LogP contribution in [0.1, 0.15) is 48.5 Å². The van der Waals surface area contributed by atoms with Crippen molar-refractivity contribution in [2.45, 2.75) is 50.1 Å². The Balaban J connectivity index is 1.59. The number of amides is 2. The monoisotopic (exact) mass is 600 g/mol. The highest BCUT2D eigenvalue weighted by Crippen LogP contribution is 2.49. The molecule has 2 aromatic rings. The summed E-state index contributed by atoms with van der Waals surface area (Å²) in [7, 11) is 4.51. The molecular formula is C29H37ClF4N4O3. The van der Waals surface area contributed by atoms with Gasteiger partial charge in [0.05, 0.1) is 10.6 Å². The summed E-state index contributed by atoms with van der Waals surface area (Å²) < 4.78 is 57.3. The summed E-state index contributed by atoms with van der Waals surface area (Å²) in [6, 6.07) is 12.2. The first-order chi connectivity index (χ1) is 19.3. The average Bonchev–Trinajstić information content (AvgIpc) is 2.93. The molecule has 2 N–H and O–H groups in total. The third-order valence-corrected chi connectivity index (χ3v) is 7.91. The van der Waals surface area contributed by atoms with Crippen molar-refractivity contribution in [3.63, 3.8) is 0 Å². The van der Waals surface area contributed by atoms with Crippen LogP contribution < -0.4 is 15.7 Å². The Labute approximate surface area is 243 Å². The maximum absolute atomic E-state index is 15.6. The summed E-state index contributed by atoms with van der Waals surface area (Å²) in [5.74, 6) is -1.04. The fourth-order valence-electron chi connectivity index (χ4n) is 5.15. The Morgan fingerprint density at radius 3 is 2.24 bits per heavy atom. The van der Waals surface area contributed by atoms with Crippen LogP contribution in [0.4, 0.5) is 23.2 Å². The molecule has 226 valence electrons. The van der Waals surface area contributed by atoms with Gasteiger partial charge >= 0.3 is 6.18 Å². The number of carbonyl (C=O) groups excluding carboxylic acids is 2. The van der Waals surface area contributed by atoms with Gasteiger partial charge in [-0.2, -0.15) is 13.2 Å². The van der Waals surface area contributed by atoms with E-state index in [1.807, 2.05) is 6.07 Å². The van der Waals surface area contributed by atoms with E-state index in [1.54, 1.807) is 32.3 Å². The molecule has 1 aliphatic heterocycles. The number of alkyl halides is 4. The smallest absolute Gasteiger partial charge is 0.371 e. The fourth-order valence-corrected chi connectivity index (χ4v) is 5.41. The highest BCUT2D eigenvalue weighted by atomic mass is 35.5. The minimum absolute atomic E-state index is 0.0611. The minimum Gasteiger partial charge on any atom is -0.371 e. The van der Waals surface area contributed by atoms with Crippen molar-refractivity contribution in [1.82, 2.24) is 15.7 Å². The van der Waals surface area contributed by atoms with Gasteiger partial charge in [-0.3, -0.25) is 14.4 Å². The van der Waals surface area contributed by atoms with Crippen molar-refractivity contribution in [3.8, 4) is 0 Å². The molecule has 1 heterocycles. The van der Waals surface area contributed by atoms with Gasteiger partial charge in [-0.05, 0) is 62.3 Å². The normalized spacial score (nSPS) is 17.4. The van der Waals surface area contributed by atoms with E-state index in [9.17, 15) is 22.8 Å². The minimum atomic E-state index is -5.39. The lowest BCUT2D eigenvalue weighted by Gasteiger charge is -2.42. The summed E-state index contributed by atoms with van der Waals surface area (Å²) in [5, 5.41) is 2.88. The Hall–Kier alpha value is -2.89. The summed E-state index contributed by atoms with van der Waals surface area (Å²) in [5.41, 5.74) is -3.82. The molecule has 0 radical (unpaired) electrons. The lowest BCUT2D eigenvalue weighted by molar-refractivity contribution is -0.298. The first-order valence-corrected chi connectivity index (χ1v) is 13.8. The maximum Gasteiger partial charge on any atom is 0.426 e. The van der Waals surface area contributed by atoms with Crippen LogP contribution in [0, 0.1) is 5.92 Å². The molecule has 2 unspecified atom stereocenters. The van der Waals surface area contributed by atoms with E-state index in [0.29, 0.717) is 29.8 Å². The van der Waals surface area contributed by atoms with Gasteiger partial charge in [-0.25, -0.2) is 9.87 Å². The molecule has 2 amide bonds. The topological polar surface area (TPSA) is 73.9 Å². The zero-order chi connectivity index (χ0) is 30.4. The first kappa shape index (κ1) is 32.6. The Morgan fingerprint density at radius 1 is 1.07 bits per heavy atom. The second kappa shape index (κ2) is 13.4. The van der Waals surface area contributed by atoms with Gasteiger partial charge in [0.25, 0.3) is 11.8 Å². The highest BCUT2D eigenvalue weighted by molar-refractivity contribution is 6.34. The number of hydrogen-bond donors (Lipinski definition) is 2. The van der Waals surface area contributed by atoms with Crippen LogP contribution in [0.2, 0.25) is 5.02 Å². The SMILES string of the molecule is CNOC(C(=O)NCCCC1CCN(c2ccc(C(=O)N(C)C)c(Cl)c2)CC1)(c1ccccc1)C(C)(F)C(F)(F)F. The number of hydrogen-bond acceptors (Lipinski definition) is 5. The largest absolute Gasteiger partial charge is 0.426 e. The quantitative estimate of drug-likeness (QED) is 0.203. The van der Waals surface area contributed by atoms with Gasteiger partial charge < -0.3 is 15.1 Å². The van der Waals surface area contributed by atoms with Gasteiger partial charge in [0.1, 0.15) is 0 Å². The number of halogens is 5. The van der Waals surface area contributed by atoms with E-state index < -0.39 is 23.4 Å². The van der Waals surface area contributed by atoms with Gasteiger partial charge in [0.15, 0.2) is 0 Å². The number of piperidine rings is 1. The molecular weight excluding hydrogens is 564 g/mol. The zero-order valence-corrected chi connectivity index (χ0v) is 24.4. The van der Waals surface area contributed by atoms with Gasteiger partial charge in [-0.15, -0.1) is 0 Å². The summed E-state index contributed by atoms with van der Waals surface area (Å²) >= 11 is 6.36. The Morgan fingerprint density at radius 2 is 1.71 bits per heavy atom. The van der Waals surface area contributed by atoms with Crippen LogP contribution in [0.3, 0.4) is 0 Å². The predicted octanol–water partition coefficient (Wildman–Crippen LogP) is 5.49. The van der Waals surface area contributed by atoms with Gasteiger partial charge in [-0.1, -0.05) is 41.9 Å². The second-order valence-electron chi connectivity index (χ2n) is 10.5. The van der Waals surface area contributed by atoms with E-state index >= 15 is 4.39 Å². The molecule has 0 saturated carbocycles. The molecule has 3 rings (SSSR count). The van der Waals surface area contributed by atoms with E-state index in [-0.39, 0.29) is 18.0 Å². The Kier molecular flexibility index (Phi) is 10.7. The molecule has 0 spiro atoms. The molecule has 0 aliphatic carbocycles. The van der Waals surface area contributed by atoms with Crippen LogP contribution in [-0.4, -0.2) is 69.3 Å². The maximum atomic E-state index is 15.6. The number of hydroxylamine groups is 1. The van der Waals surface area contributed by atoms with Crippen LogP contribution in [0.15, 0.2) is 48.5 Å². The summed E-state index contributed by atoms with van der Waals surface area (Å²) in [6.45, 7) is 1.91. The van der Waals surface area contributed by atoms with Crippen LogP contribution in [0.25, 0.3) is 0 Å². The molecule has 2 aromatic carbocycles. The lowest BCUT2D eigenvalue weighted by Crippen LogP contribution is -2.65. The van der Waals surface area contributed by atoms with E-state index in [1.165, 1.54) is 36.2 Å². The van der Waals surface area contributed by atoms with E-state index in [2.05, 4.69) is 15.7 Å².